The molecule has 0 aromatic carbocycles. The van der Waals surface area contributed by atoms with Crippen molar-refractivity contribution in [2.24, 2.45) is 0 Å². The van der Waals surface area contributed by atoms with Gasteiger partial charge in [-0.15, -0.1) is 0 Å². The van der Waals surface area contributed by atoms with Crippen LogP contribution in [-0.2, 0) is 20.8 Å². The number of unbranched alkanes of at least 4 members (excludes halogenated alkanes) is 1. The van der Waals surface area contributed by atoms with Crippen LogP contribution in [0.5, 0.6) is 0 Å². The number of carbonyl (C=O) groups is 2. The van der Waals surface area contributed by atoms with Crippen LogP contribution in [0.3, 0.4) is 0 Å². The monoisotopic (exact) mass is 468 g/mol. The molecule has 2 aromatic heterocycles. The molecule has 0 radical (unpaired) electrons. The first kappa shape index (κ1) is 25.1. The van der Waals surface area contributed by atoms with Crippen LogP contribution in [0.1, 0.15) is 35.8 Å². The Morgan fingerprint density at radius 3 is 2.69 bits per heavy atom. The number of carbonyl (C=O) groups excluding carboxylic acids is 2. The number of nitrogens with two attached hydrogens (primary N) is 1. The van der Waals surface area contributed by atoms with Crippen LogP contribution in [-0.4, -0.2) is 59.7 Å². The van der Waals surface area contributed by atoms with Crippen LogP contribution in [0.4, 0.5) is 16.5 Å². The second-order valence-electron chi connectivity index (χ2n) is 6.83. The number of amides is 1. The average molecular weight is 469 g/mol. The third kappa shape index (κ3) is 5.53. The average Bonchev–Trinajstić information content (AvgIpc) is 3.14. The number of nitrogens with zero attached hydrogens (tertiary/aromatic N) is 3. The molecule has 0 spiro atoms. The first-order chi connectivity index (χ1) is 15.3. The van der Waals surface area contributed by atoms with Crippen molar-refractivity contribution in [2.45, 2.75) is 33.2 Å². The molecule has 32 heavy (non-hydrogen) atoms. The Balaban J connectivity index is 2.33. The fourth-order valence-electron chi connectivity index (χ4n) is 2.98. The smallest absolute Gasteiger partial charge is 0.343 e. The molecule has 176 valence electrons. The molecule has 0 atom stereocenters. The number of nitrogen functional groups attached to an aromatic ring is 1. The molecule has 0 aliphatic carbocycles. The molecule has 0 fully saturated rings. The largest absolute Gasteiger partial charge is 0.452 e. The van der Waals surface area contributed by atoms with Crippen molar-refractivity contribution in [3.8, 4) is 0 Å². The van der Waals surface area contributed by atoms with E-state index in [4.69, 9.17) is 15.2 Å². The number of aryl methyl sites for hydroxylation is 1. The van der Waals surface area contributed by atoms with Gasteiger partial charge in [-0.1, -0.05) is 13.3 Å². The molecule has 0 saturated carbocycles. The summed E-state index contributed by atoms with van der Waals surface area (Å²) in [5.41, 5.74) is 5.15. The van der Waals surface area contributed by atoms with Crippen molar-refractivity contribution in [1.29, 1.82) is 0 Å². The van der Waals surface area contributed by atoms with Crippen LogP contribution in [0.25, 0.3) is 0 Å². The van der Waals surface area contributed by atoms with E-state index in [-0.39, 0.29) is 36.8 Å². The number of rotatable bonds is 11. The van der Waals surface area contributed by atoms with Crippen LogP contribution in [0, 0.1) is 6.92 Å². The number of ether oxygens (including phenoxy) is 2. The minimum atomic E-state index is -0.814. The number of aromatic amines is 1. The van der Waals surface area contributed by atoms with Crippen LogP contribution < -0.4 is 27.2 Å². The van der Waals surface area contributed by atoms with Gasteiger partial charge in [0.1, 0.15) is 16.4 Å². The Labute approximate surface area is 188 Å². The highest BCUT2D eigenvalue weighted by molar-refractivity contribution is 7.10. The van der Waals surface area contributed by atoms with Gasteiger partial charge in [0.05, 0.1) is 12.3 Å². The predicted molar refractivity (Wildman–Crippen MR) is 122 cm³/mol. The lowest BCUT2D eigenvalue weighted by Crippen LogP contribution is -2.44. The quantitative estimate of drug-likeness (QED) is 0.400. The number of methoxy groups -OCH3 is 1. The Morgan fingerprint density at radius 1 is 1.34 bits per heavy atom. The summed E-state index contributed by atoms with van der Waals surface area (Å²) in [6.45, 7) is 3.29. The normalized spacial score (nSPS) is 10.8. The summed E-state index contributed by atoms with van der Waals surface area (Å²) in [6, 6.07) is 0. The summed E-state index contributed by atoms with van der Waals surface area (Å²) in [7, 11) is 3.08. The van der Waals surface area contributed by atoms with E-state index in [0.29, 0.717) is 17.1 Å². The highest BCUT2D eigenvalue weighted by Crippen LogP contribution is 2.25. The third-order valence-electron chi connectivity index (χ3n) is 4.66. The lowest BCUT2D eigenvalue weighted by molar-refractivity contribution is -0.121. The first-order valence-electron chi connectivity index (χ1n) is 9.99. The van der Waals surface area contributed by atoms with Crippen LogP contribution in [0.15, 0.2) is 9.59 Å². The number of anilines is 3. The Kier molecular flexibility index (Phi) is 8.96. The molecule has 2 aromatic rings. The molecule has 4 N–H and O–H groups in total. The molecule has 12 nitrogen and oxygen atoms in total. The minimum absolute atomic E-state index is 0.0348. The van der Waals surface area contributed by atoms with Crippen molar-refractivity contribution < 1.29 is 19.1 Å². The molecule has 1 amide bonds. The maximum Gasteiger partial charge on any atom is 0.343 e. The number of hydrogen-bond acceptors (Lipinski definition) is 10. The maximum absolute atomic E-state index is 12.9. The first-order valence-corrected chi connectivity index (χ1v) is 10.8. The molecular formula is C19H28N6O6S. The van der Waals surface area contributed by atoms with Crippen LogP contribution in [0.2, 0.25) is 0 Å². The van der Waals surface area contributed by atoms with E-state index >= 15 is 0 Å². The van der Waals surface area contributed by atoms with E-state index in [2.05, 4.69) is 14.7 Å². The van der Waals surface area contributed by atoms with Crippen molar-refractivity contribution in [3.63, 3.8) is 0 Å². The summed E-state index contributed by atoms with van der Waals surface area (Å²) in [5.74, 6) is -1.56. The summed E-state index contributed by atoms with van der Waals surface area (Å²) in [4.78, 5) is 53.4. The molecule has 0 unspecified atom stereocenters. The fourth-order valence-corrected chi connectivity index (χ4v) is 3.71. The lowest BCUT2D eigenvalue weighted by Gasteiger charge is -2.24. The molecule has 0 aliphatic rings. The van der Waals surface area contributed by atoms with E-state index in [1.54, 1.807) is 14.0 Å². The third-order valence-corrected chi connectivity index (χ3v) is 5.62. The Hall–Kier alpha value is -3.19. The van der Waals surface area contributed by atoms with E-state index in [9.17, 15) is 19.2 Å². The van der Waals surface area contributed by atoms with Gasteiger partial charge in [-0.3, -0.25) is 24.0 Å². The van der Waals surface area contributed by atoms with E-state index in [1.165, 1.54) is 11.7 Å². The summed E-state index contributed by atoms with van der Waals surface area (Å²) in [6.07, 6.45) is 1.45. The fraction of sp³-hybridized carbons (Fsp3) is 0.526. The van der Waals surface area contributed by atoms with Gasteiger partial charge >= 0.3 is 11.7 Å². The van der Waals surface area contributed by atoms with Crippen molar-refractivity contribution in [1.82, 2.24) is 13.9 Å². The Bertz CT molecular complexity index is 1080. The standard InChI is InChI=1S/C19H28N6O6S/c1-5-6-7-25-15(20)14(16(27)22-19(25)29)24(8-9-30-4)12(26)10-31-18(28)13-11(2)23-32-17(13)21-3/h21H,5-10,20H2,1-4H3,(H,22,27,29). The number of nitrogens with one attached hydrogen (secondary N) is 2. The van der Waals surface area contributed by atoms with Gasteiger partial charge in [0.2, 0.25) is 0 Å². The highest BCUT2D eigenvalue weighted by Gasteiger charge is 2.26. The summed E-state index contributed by atoms with van der Waals surface area (Å²) >= 11 is 1.10. The van der Waals surface area contributed by atoms with Gasteiger partial charge in [-0.05, 0) is 24.9 Å². The number of aromatic nitrogens is 3. The van der Waals surface area contributed by atoms with Crippen molar-refractivity contribution in [2.75, 3.05) is 49.9 Å². The molecule has 0 aliphatic heterocycles. The molecule has 0 bridgehead atoms. The van der Waals surface area contributed by atoms with Gasteiger partial charge in [0.25, 0.3) is 11.5 Å². The number of H-pyrrole nitrogens is 1. The van der Waals surface area contributed by atoms with Gasteiger partial charge in [0, 0.05) is 27.2 Å². The summed E-state index contributed by atoms with van der Waals surface area (Å²) in [5, 5.41) is 3.37. The zero-order valence-corrected chi connectivity index (χ0v) is 19.3. The number of esters is 1. The second kappa shape index (κ2) is 11.4. The van der Waals surface area contributed by atoms with Gasteiger partial charge in [0.15, 0.2) is 12.3 Å². The molecule has 2 rings (SSSR count). The molecule has 13 heteroatoms. The van der Waals surface area contributed by atoms with Crippen molar-refractivity contribution >= 4 is 39.9 Å². The van der Waals surface area contributed by atoms with Crippen molar-refractivity contribution in [3.05, 3.63) is 32.1 Å². The lowest BCUT2D eigenvalue weighted by atomic mass is 10.2. The zero-order valence-electron chi connectivity index (χ0n) is 18.5. The van der Waals surface area contributed by atoms with Gasteiger partial charge in [-0.25, -0.2) is 9.59 Å². The molecular weight excluding hydrogens is 440 g/mol. The molecule has 0 saturated heterocycles. The van der Waals surface area contributed by atoms with Crippen LogP contribution >= 0.6 is 11.5 Å². The maximum atomic E-state index is 12.9. The summed E-state index contributed by atoms with van der Waals surface area (Å²) < 4.78 is 15.5. The molecule has 2 heterocycles. The van der Waals surface area contributed by atoms with Gasteiger partial charge in [-0.2, -0.15) is 4.37 Å². The second-order valence-corrected chi connectivity index (χ2v) is 7.61. The SMILES string of the molecule is CCCCn1c(N)c(N(CCOC)C(=O)COC(=O)c2c(C)nsc2NC)c(=O)[nH]c1=O. The van der Waals surface area contributed by atoms with E-state index < -0.39 is 29.7 Å². The Morgan fingerprint density at radius 2 is 2.06 bits per heavy atom. The minimum Gasteiger partial charge on any atom is -0.452 e. The predicted octanol–water partition coefficient (Wildman–Crippen LogP) is 0.562. The zero-order chi connectivity index (χ0) is 23.8. The van der Waals surface area contributed by atoms with E-state index in [1.807, 2.05) is 6.92 Å². The number of hydrogen-bond donors (Lipinski definition) is 3. The van der Waals surface area contributed by atoms with E-state index in [0.717, 1.165) is 22.9 Å². The highest BCUT2D eigenvalue weighted by atomic mass is 32.1. The topological polar surface area (TPSA) is 162 Å². The van der Waals surface area contributed by atoms with Gasteiger partial charge < -0.3 is 20.5 Å².